The highest BCUT2D eigenvalue weighted by atomic mass is 35.5. The summed E-state index contributed by atoms with van der Waals surface area (Å²) in [5, 5.41) is 18.0. The average Bonchev–Trinajstić information content (AvgIpc) is 3.83. The molecule has 2 aliphatic carbocycles. The Hall–Kier alpha value is -5.26. The molecule has 2 saturated heterocycles. The van der Waals surface area contributed by atoms with Crippen molar-refractivity contribution in [2.45, 2.75) is 39.2 Å². The maximum atomic E-state index is 15.2. The van der Waals surface area contributed by atoms with Gasteiger partial charge in [-0.15, -0.1) is 11.3 Å². The molecule has 12 heteroatoms. The molecule has 0 spiro atoms. The molecule has 4 aliphatic rings. The lowest BCUT2D eigenvalue weighted by molar-refractivity contribution is -0.141. The number of allylic oxidation sites excluding steroid dienone is 2. The highest BCUT2D eigenvalue weighted by Crippen LogP contribution is 2.65. The number of aromatic hydroxyl groups is 1. The van der Waals surface area contributed by atoms with Gasteiger partial charge in [0.25, 0.3) is 0 Å². The number of hydrogen-bond donors (Lipinski definition) is 1. The number of nitrogens with zero attached hydrogens (tertiary/aromatic N) is 4. The predicted molar refractivity (Wildman–Crippen MR) is 205 cm³/mol. The molecule has 2 aromatic heterocycles. The van der Waals surface area contributed by atoms with Gasteiger partial charge in [0, 0.05) is 34.3 Å². The van der Waals surface area contributed by atoms with Crippen LogP contribution in [-0.4, -0.2) is 50.5 Å². The lowest BCUT2D eigenvalue weighted by Crippen LogP contribution is -2.49. The number of fused-ring (bicyclic) bond motifs is 5. The topological polar surface area (TPSA) is 122 Å². The number of imide groups is 2. The zero-order valence-electron chi connectivity index (χ0n) is 30.1. The molecule has 3 aromatic carbocycles. The summed E-state index contributed by atoms with van der Waals surface area (Å²) in [6, 6.07) is 21.9. The lowest BCUT2D eigenvalue weighted by Gasteiger charge is -2.49. The number of carbonyl (C=O) groups excluding carboxylic acids is 4. The van der Waals surface area contributed by atoms with Gasteiger partial charge in [0.15, 0.2) is 0 Å². The predicted octanol–water partition coefficient (Wildman–Crippen LogP) is 7.41. The number of halogens is 1. The number of phenols is 1. The molecular formula is C42H37ClN4O6S. The summed E-state index contributed by atoms with van der Waals surface area (Å²) in [5.74, 6) is -4.26. The van der Waals surface area contributed by atoms with E-state index in [9.17, 15) is 19.5 Å². The van der Waals surface area contributed by atoms with Gasteiger partial charge in [-0.3, -0.25) is 28.8 Å². The fourth-order valence-corrected chi connectivity index (χ4v) is 11.1. The normalized spacial score (nSPS) is 26.3. The third-order valence-electron chi connectivity index (χ3n) is 12.3. The number of benzene rings is 3. The van der Waals surface area contributed by atoms with E-state index in [1.165, 1.54) is 16.9 Å². The number of ether oxygens (including phenoxy) is 1. The zero-order valence-corrected chi connectivity index (χ0v) is 31.6. The first kappa shape index (κ1) is 34.5. The van der Waals surface area contributed by atoms with Crippen LogP contribution in [0.25, 0.3) is 20.7 Å². The molecule has 3 fully saturated rings. The van der Waals surface area contributed by atoms with E-state index < -0.39 is 46.8 Å². The van der Waals surface area contributed by atoms with Crippen LogP contribution in [0.4, 0.5) is 5.82 Å². The van der Waals surface area contributed by atoms with Gasteiger partial charge in [0.2, 0.25) is 23.6 Å². The minimum absolute atomic E-state index is 0.0793. The molecule has 54 heavy (non-hydrogen) atoms. The summed E-state index contributed by atoms with van der Waals surface area (Å²) in [6.07, 6.45) is 2.46. The van der Waals surface area contributed by atoms with Gasteiger partial charge >= 0.3 is 0 Å². The SMILES string of the molecule is COc1cccc(O)c1C1C2=CCC3C(=O)N(Cc4ccccc4)C(=O)C3C2CC2C(=O)N(c3cc(-c4sc5ccc(Cl)cc5c4C)nn3C)C(=O)C21C. The van der Waals surface area contributed by atoms with Crippen molar-refractivity contribution < 1.29 is 29.0 Å². The highest BCUT2D eigenvalue weighted by Gasteiger charge is 2.68. The second kappa shape index (κ2) is 12.4. The largest absolute Gasteiger partial charge is 0.508 e. The standard InChI is InChI=1S/C42H37ClN4O6S/c1-21-26-17-23(43)13-16-32(26)54-37(21)29-19-33(45(3)44-29)47-39(50)28-18-27-24(36(42(28,2)41(47)52)35-30(48)11-8-12-31(35)53-4)14-15-25-34(27)40(51)46(38(25)49)20-22-9-6-5-7-10-22/h5-14,16-17,19,25,27-28,34,36,48H,15,18,20H2,1-4H3. The lowest BCUT2D eigenvalue weighted by atomic mass is 9.51. The number of likely N-dealkylation sites (tertiary alicyclic amines) is 1. The molecule has 6 unspecified atom stereocenters. The molecule has 2 aliphatic heterocycles. The number of anilines is 1. The number of aryl methyl sites for hydroxylation is 2. The van der Waals surface area contributed by atoms with Crippen molar-refractivity contribution >= 4 is 62.5 Å². The minimum Gasteiger partial charge on any atom is -0.508 e. The summed E-state index contributed by atoms with van der Waals surface area (Å²) in [4.78, 5) is 61.8. The molecule has 1 saturated carbocycles. The van der Waals surface area contributed by atoms with Crippen LogP contribution in [0.3, 0.4) is 0 Å². The molecule has 274 valence electrons. The van der Waals surface area contributed by atoms with Crippen LogP contribution in [0.15, 0.2) is 84.4 Å². The van der Waals surface area contributed by atoms with E-state index in [1.54, 1.807) is 54.3 Å². The minimum atomic E-state index is -1.37. The molecule has 1 N–H and O–H groups in total. The number of aromatic nitrogens is 2. The van der Waals surface area contributed by atoms with Gasteiger partial charge in [-0.1, -0.05) is 59.6 Å². The first-order valence-electron chi connectivity index (χ1n) is 18.0. The number of hydrogen-bond acceptors (Lipinski definition) is 8. The molecular weight excluding hydrogens is 724 g/mol. The molecule has 0 bridgehead atoms. The van der Waals surface area contributed by atoms with Gasteiger partial charge in [0.05, 0.1) is 41.7 Å². The van der Waals surface area contributed by atoms with Crippen LogP contribution < -0.4 is 9.64 Å². The fourth-order valence-electron chi connectivity index (χ4n) is 9.74. The summed E-state index contributed by atoms with van der Waals surface area (Å²) < 4.78 is 8.40. The van der Waals surface area contributed by atoms with Crippen LogP contribution in [0.5, 0.6) is 11.5 Å². The van der Waals surface area contributed by atoms with Crippen molar-refractivity contribution in [2.24, 2.45) is 36.1 Å². The van der Waals surface area contributed by atoms with Crippen molar-refractivity contribution in [1.29, 1.82) is 0 Å². The first-order chi connectivity index (χ1) is 25.9. The van der Waals surface area contributed by atoms with Crippen molar-refractivity contribution in [2.75, 3.05) is 12.0 Å². The van der Waals surface area contributed by atoms with Crippen LogP contribution in [0, 0.1) is 36.0 Å². The van der Waals surface area contributed by atoms with E-state index >= 15 is 4.79 Å². The van der Waals surface area contributed by atoms with Gasteiger partial charge in [-0.05, 0) is 79.5 Å². The summed E-state index contributed by atoms with van der Waals surface area (Å²) in [7, 11) is 3.21. The van der Waals surface area contributed by atoms with Gasteiger partial charge in [0.1, 0.15) is 23.0 Å². The van der Waals surface area contributed by atoms with Crippen LogP contribution in [0.2, 0.25) is 5.02 Å². The second-order valence-corrected chi connectivity index (χ2v) is 16.5. The first-order valence-corrected chi connectivity index (χ1v) is 19.2. The van der Waals surface area contributed by atoms with E-state index in [4.69, 9.17) is 21.4 Å². The Morgan fingerprint density at radius 1 is 0.981 bits per heavy atom. The van der Waals surface area contributed by atoms with Crippen LogP contribution in [-0.2, 0) is 32.8 Å². The Kier molecular flexibility index (Phi) is 7.92. The molecule has 10 nitrogen and oxygen atoms in total. The van der Waals surface area contributed by atoms with Crippen molar-refractivity contribution in [3.05, 3.63) is 106 Å². The molecule has 6 atom stereocenters. The summed E-state index contributed by atoms with van der Waals surface area (Å²) >= 11 is 7.88. The summed E-state index contributed by atoms with van der Waals surface area (Å²) in [6.45, 7) is 3.95. The molecule has 4 amide bonds. The van der Waals surface area contributed by atoms with E-state index in [-0.39, 0.29) is 30.5 Å². The average molecular weight is 761 g/mol. The third kappa shape index (κ3) is 4.80. The van der Waals surface area contributed by atoms with Gasteiger partial charge in [-0.25, -0.2) is 4.90 Å². The Morgan fingerprint density at radius 2 is 1.76 bits per heavy atom. The Balaban J connectivity index is 1.16. The number of carbonyl (C=O) groups is 4. The van der Waals surface area contributed by atoms with E-state index in [0.29, 0.717) is 34.3 Å². The maximum Gasteiger partial charge on any atom is 0.242 e. The van der Waals surface area contributed by atoms with Crippen molar-refractivity contribution in [1.82, 2.24) is 14.7 Å². The number of methoxy groups -OCH3 is 1. The molecule has 4 heterocycles. The second-order valence-electron chi connectivity index (χ2n) is 15.0. The zero-order chi connectivity index (χ0) is 37.8. The van der Waals surface area contributed by atoms with Crippen LogP contribution >= 0.6 is 22.9 Å². The Bertz CT molecular complexity index is 2470. The van der Waals surface area contributed by atoms with Gasteiger partial charge in [-0.2, -0.15) is 5.10 Å². The summed E-state index contributed by atoms with van der Waals surface area (Å²) in [5.41, 5.74) is 2.24. The number of rotatable bonds is 6. The smallest absolute Gasteiger partial charge is 0.242 e. The fraction of sp³-hybridized carbons (Fsp3) is 0.310. The number of amides is 4. The third-order valence-corrected chi connectivity index (χ3v) is 13.8. The van der Waals surface area contributed by atoms with Crippen molar-refractivity contribution in [3.8, 4) is 22.1 Å². The van der Waals surface area contributed by atoms with Gasteiger partial charge < -0.3 is 9.84 Å². The van der Waals surface area contributed by atoms with Crippen molar-refractivity contribution in [3.63, 3.8) is 0 Å². The molecule has 9 rings (SSSR count). The van der Waals surface area contributed by atoms with E-state index in [1.807, 2.05) is 61.5 Å². The van der Waals surface area contributed by atoms with Crippen LogP contribution in [0.1, 0.15) is 42.4 Å². The number of phenolic OH excluding ortho intramolecular Hbond substituents is 1. The maximum absolute atomic E-state index is 15.2. The number of thiophene rings is 1. The Morgan fingerprint density at radius 3 is 2.52 bits per heavy atom. The molecule has 0 radical (unpaired) electrons. The van der Waals surface area contributed by atoms with E-state index in [2.05, 4.69) is 0 Å². The quantitative estimate of drug-likeness (QED) is 0.141. The Labute approximate surface area is 320 Å². The highest BCUT2D eigenvalue weighted by molar-refractivity contribution is 7.22. The van der Waals surface area contributed by atoms with E-state index in [0.717, 1.165) is 31.7 Å². The molecule has 5 aromatic rings. The monoisotopic (exact) mass is 760 g/mol.